The van der Waals surface area contributed by atoms with Crippen LogP contribution in [0, 0.1) is 6.92 Å². The third-order valence-electron chi connectivity index (χ3n) is 1.48. The number of halogens is 1. The van der Waals surface area contributed by atoms with Gasteiger partial charge in [0.2, 0.25) is 0 Å². The lowest BCUT2D eigenvalue weighted by atomic mass is 10.5. The number of aryl methyl sites for hydroxylation is 1. The molecule has 0 aliphatic rings. The molecule has 2 heterocycles. The smallest absolute Gasteiger partial charge is 0.143 e. The third-order valence-corrected chi connectivity index (χ3v) is 1.88. The zero-order valence-corrected chi connectivity index (χ0v) is 8.43. The molecule has 2 aromatic heterocycles. The Morgan fingerprint density at radius 1 is 1.23 bits per heavy atom. The van der Waals surface area contributed by atoms with E-state index in [1.54, 1.807) is 23.3 Å². The van der Waals surface area contributed by atoms with E-state index in [-0.39, 0.29) is 0 Å². The summed E-state index contributed by atoms with van der Waals surface area (Å²) in [5, 5.41) is 7.39. The van der Waals surface area contributed by atoms with Crippen LogP contribution in [-0.2, 0) is 0 Å². The van der Waals surface area contributed by atoms with E-state index in [1.807, 2.05) is 6.92 Å². The Morgan fingerprint density at radius 2 is 1.92 bits per heavy atom. The van der Waals surface area contributed by atoms with Gasteiger partial charge in [-0.1, -0.05) is 0 Å². The summed E-state index contributed by atoms with van der Waals surface area (Å²) in [5.74, 6) is 1.46. The van der Waals surface area contributed by atoms with E-state index >= 15 is 0 Å². The molecule has 2 aromatic rings. The maximum Gasteiger partial charge on any atom is 0.143 e. The molecule has 5 nitrogen and oxygen atoms in total. The van der Waals surface area contributed by atoms with Crippen molar-refractivity contribution in [3.8, 4) is 5.82 Å². The van der Waals surface area contributed by atoms with Gasteiger partial charge in [-0.25, -0.2) is 9.97 Å². The van der Waals surface area contributed by atoms with Gasteiger partial charge in [-0.3, -0.25) is 4.57 Å². The molecule has 0 fully saturated rings. The van der Waals surface area contributed by atoms with Crippen LogP contribution in [0.3, 0.4) is 0 Å². The quantitative estimate of drug-likeness (QED) is 0.701. The highest BCUT2D eigenvalue weighted by atomic mass is 79.9. The highest BCUT2D eigenvalue weighted by Gasteiger charge is 2.00. The highest BCUT2D eigenvalue weighted by molar-refractivity contribution is 9.10. The second-order valence-electron chi connectivity index (χ2n) is 2.47. The number of hydrogen-bond donors (Lipinski definition) is 0. The Hall–Kier alpha value is -1.30. The van der Waals surface area contributed by atoms with Gasteiger partial charge in [0.15, 0.2) is 0 Å². The van der Waals surface area contributed by atoms with Crippen LogP contribution in [0.2, 0.25) is 0 Å². The molecule has 0 saturated heterocycles. The summed E-state index contributed by atoms with van der Waals surface area (Å²) in [6.45, 7) is 1.83. The lowest BCUT2D eigenvalue weighted by Crippen LogP contribution is -1.98. The zero-order chi connectivity index (χ0) is 9.26. The zero-order valence-electron chi connectivity index (χ0n) is 6.85. The lowest BCUT2D eigenvalue weighted by molar-refractivity contribution is 0.926. The van der Waals surface area contributed by atoms with Crippen molar-refractivity contribution in [3.05, 3.63) is 29.1 Å². The van der Waals surface area contributed by atoms with Crippen LogP contribution in [-0.4, -0.2) is 24.7 Å². The van der Waals surface area contributed by atoms with Gasteiger partial charge in [0.25, 0.3) is 0 Å². The summed E-state index contributed by atoms with van der Waals surface area (Å²) in [6, 6.07) is 1.80. The second kappa shape index (κ2) is 3.21. The third kappa shape index (κ3) is 1.72. The molecule has 2 rings (SSSR count). The minimum absolute atomic E-state index is 0.707. The SMILES string of the molecule is Cc1nc(Br)cc(-n2cnnc2)n1. The molecular weight excluding hydrogens is 234 g/mol. The predicted molar refractivity (Wildman–Crippen MR) is 49.4 cm³/mol. The second-order valence-corrected chi connectivity index (χ2v) is 3.28. The van der Waals surface area contributed by atoms with Crippen LogP contribution in [0.15, 0.2) is 23.3 Å². The summed E-state index contributed by atoms with van der Waals surface area (Å²) in [7, 11) is 0. The molecule has 0 radical (unpaired) electrons. The monoisotopic (exact) mass is 239 g/mol. The Labute approximate surface area is 83.0 Å². The summed E-state index contributed by atoms with van der Waals surface area (Å²) in [6.07, 6.45) is 3.18. The summed E-state index contributed by atoms with van der Waals surface area (Å²) in [4.78, 5) is 8.31. The summed E-state index contributed by atoms with van der Waals surface area (Å²) >= 11 is 3.29. The molecule has 0 aromatic carbocycles. The first-order valence-electron chi connectivity index (χ1n) is 3.62. The van der Waals surface area contributed by atoms with Crippen LogP contribution in [0.25, 0.3) is 5.82 Å². The van der Waals surface area contributed by atoms with Crippen LogP contribution in [0.1, 0.15) is 5.82 Å². The molecule has 0 spiro atoms. The minimum atomic E-state index is 0.707. The van der Waals surface area contributed by atoms with E-state index in [4.69, 9.17) is 0 Å². The van der Waals surface area contributed by atoms with Gasteiger partial charge < -0.3 is 0 Å². The van der Waals surface area contributed by atoms with Crippen LogP contribution < -0.4 is 0 Å². The van der Waals surface area contributed by atoms with E-state index < -0.39 is 0 Å². The van der Waals surface area contributed by atoms with Gasteiger partial charge in [-0.15, -0.1) is 10.2 Å². The number of aromatic nitrogens is 5. The van der Waals surface area contributed by atoms with E-state index in [0.29, 0.717) is 5.82 Å². The fourth-order valence-corrected chi connectivity index (χ4v) is 1.43. The van der Waals surface area contributed by atoms with Gasteiger partial charge >= 0.3 is 0 Å². The van der Waals surface area contributed by atoms with Crippen molar-refractivity contribution in [2.24, 2.45) is 0 Å². The Morgan fingerprint density at radius 3 is 2.54 bits per heavy atom. The molecule has 0 aliphatic carbocycles. The van der Waals surface area contributed by atoms with Gasteiger partial charge in [-0.2, -0.15) is 0 Å². The number of rotatable bonds is 1. The van der Waals surface area contributed by atoms with Crippen molar-refractivity contribution in [1.82, 2.24) is 24.7 Å². The maximum absolute atomic E-state index is 4.22. The van der Waals surface area contributed by atoms with E-state index in [1.165, 1.54) is 0 Å². The van der Waals surface area contributed by atoms with Crippen molar-refractivity contribution in [3.63, 3.8) is 0 Å². The molecule has 66 valence electrons. The Bertz CT molecular complexity index is 391. The van der Waals surface area contributed by atoms with Gasteiger partial charge in [-0.05, 0) is 22.9 Å². The van der Waals surface area contributed by atoms with Crippen LogP contribution in [0.5, 0.6) is 0 Å². The Balaban J connectivity index is 2.53. The average Bonchev–Trinajstić information content (AvgIpc) is 2.53. The molecule has 0 atom stereocenters. The Kier molecular flexibility index (Phi) is 2.05. The molecular formula is C7H6BrN5. The van der Waals surface area contributed by atoms with Gasteiger partial charge in [0.05, 0.1) is 0 Å². The van der Waals surface area contributed by atoms with Crippen molar-refractivity contribution >= 4 is 15.9 Å². The van der Waals surface area contributed by atoms with E-state index in [0.717, 1.165) is 10.4 Å². The minimum Gasteiger partial charge on any atom is -0.272 e. The van der Waals surface area contributed by atoms with Crippen molar-refractivity contribution in [2.75, 3.05) is 0 Å². The van der Waals surface area contributed by atoms with Crippen molar-refractivity contribution in [1.29, 1.82) is 0 Å². The topological polar surface area (TPSA) is 56.5 Å². The fourth-order valence-electron chi connectivity index (χ4n) is 0.968. The molecule has 0 saturated carbocycles. The first kappa shape index (κ1) is 8.31. The standard InChI is InChI=1S/C7H6BrN5/c1-5-11-6(8)2-7(12-5)13-3-9-10-4-13/h2-4H,1H3. The highest BCUT2D eigenvalue weighted by Crippen LogP contribution is 2.10. The molecule has 0 N–H and O–H groups in total. The molecule has 0 unspecified atom stereocenters. The van der Waals surface area contributed by atoms with E-state index in [9.17, 15) is 0 Å². The molecule has 0 amide bonds. The van der Waals surface area contributed by atoms with Crippen molar-refractivity contribution < 1.29 is 0 Å². The number of nitrogens with zero attached hydrogens (tertiary/aromatic N) is 5. The average molecular weight is 240 g/mol. The van der Waals surface area contributed by atoms with Crippen LogP contribution in [0.4, 0.5) is 0 Å². The van der Waals surface area contributed by atoms with Gasteiger partial charge in [0.1, 0.15) is 28.9 Å². The van der Waals surface area contributed by atoms with Crippen molar-refractivity contribution in [2.45, 2.75) is 6.92 Å². The molecule has 0 bridgehead atoms. The van der Waals surface area contributed by atoms with Crippen LogP contribution >= 0.6 is 15.9 Å². The molecule has 6 heteroatoms. The van der Waals surface area contributed by atoms with E-state index in [2.05, 4.69) is 36.1 Å². The predicted octanol–water partition coefficient (Wildman–Crippen LogP) is 1.13. The maximum atomic E-state index is 4.22. The summed E-state index contributed by atoms with van der Waals surface area (Å²) in [5.41, 5.74) is 0. The lowest BCUT2D eigenvalue weighted by Gasteiger charge is -2.00. The molecule has 13 heavy (non-hydrogen) atoms. The molecule has 0 aliphatic heterocycles. The number of hydrogen-bond acceptors (Lipinski definition) is 4. The van der Waals surface area contributed by atoms with Gasteiger partial charge in [0, 0.05) is 6.07 Å². The largest absolute Gasteiger partial charge is 0.272 e. The first-order chi connectivity index (χ1) is 6.25. The summed E-state index contributed by atoms with van der Waals surface area (Å²) < 4.78 is 2.48. The first-order valence-corrected chi connectivity index (χ1v) is 4.41. The fraction of sp³-hybridized carbons (Fsp3) is 0.143. The normalized spacial score (nSPS) is 10.3.